The van der Waals surface area contributed by atoms with Crippen LogP contribution in [0.5, 0.6) is 0 Å². The van der Waals surface area contributed by atoms with Crippen LogP contribution >= 0.6 is 0 Å². The highest BCUT2D eigenvalue weighted by Gasteiger charge is 2.30. The summed E-state index contributed by atoms with van der Waals surface area (Å²) in [4.78, 5) is 2.67. The maximum atomic E-state index is 12.8. The SMILES string of the molecule is CCN1CCN(S(=O)(=O)c2c(C)cc(N)cc2C)CC1. The van der Waals surface area contributed by atoms with Crippen LogP contribution < -0.4 is 5.73 Å². The molecule has 0 radical (unpaired) electrons. The van der Waals surface area contributed by atoms with Gasteiger partial charge >= 0.3 is 0 Å². The van der Waals surface area contributed by atoms with Crippen LogP contribution in [-0.2, 0) is 10.0 Å². The second-order valence-electron chi connectivity index (χ2n) is 5.32. The molecule has 1 aliphatic heterocycles. The number of nitrogens with zero attached hydrogens (tertiary/aromatic N) is 2. The Balaban J connectivity index is 2.32. The summed E-state index contributed by atoms with van der Waals surface area (Å²) in [6.07, 6.45) is 0. The van der Waals surface area contributed by atoms with Gasteiger partial charge in [-0.3, -0.25) is 0 Å². The van der Waals surface area contributed by atoms with Crippen molar-refractivity contribution in [1.82, 2.24) is 9.21 Å². The van der Waals surface area contributed by atoms with Gasteiger partial charge in [-0.1, -0.05) is 6.92 Å². The van der Waals surface area contributed by atoms with E-state index in [9.17, 15) is 8.42 Å². The number of nitrogens with two attached hydrogens (primary N) is 1. The van der Waals surface area contributed by atoms with Gasteiger partial charge in [0.1, 0.15) is 0 Å². The summed E-state index contributed by atoms with van der Waals surface area (Å²) < 4.78 is 27.2. The number of anilines is 1. The number of nitrogen functional groups attached to an aromatic ring is 1. The van der Waals surface area contributed by atoms with Crippen molar-refractivity contribution < 1.29 is 8.42 Å². The zero-order valence-electron chi connectivity index (χ0n) is 12.4. The lowest BCUT2D eigenvalue weighted by Crippen LogP contribution is -2.48. The van der Waals surface area contributed by atoms with Crippen LogP contribution in [0.25, 0.3) is 0 Å². The Morgan fingerprint density at radius 3 is 2.05 bits per heavy atom. The van der Waals surface area contributed by atoms with E-state index in [1.807, 2.05) is 0 Å². The lowest BCUT2D eigenvalue weighted by Gasteiger charge is -2.33. The standard InChI is InChI=1S/C14H23N3O2S/c1-4-16-5-7-17(8-6-16)20(18,19)14-11(2)9-13(15)10-12(14)3/h9-10H,4-8,15H2,1-3H3. The van der Waals surface area contributed by atoms with Crippen molar-refractivity contribution in [3.63, 3.8) is 0 Å². The third-order valence-corrected chi connectivity index (χ3v) is 6.06. The predicted octanol–water partition coefficient (Wildman–Crippen LogP) is 1.21. The normalized spacial score (nSPS) is 18.4. The molecule has 1 saturated heterocycles. The summed E-state index contributed by atoms with van der Waals surface area (Å²) in [5, 5.41) is 0. The zero-order chi connectivity index (χ0) is 14.9. The maximum absolute atomic E-state index is 12.8. The van der Waals surface area contributed by atoms with E-state index in [0.717, 1.165) is 30.8 Å². The van der Waals surface area contributed by atoms with Gasteiger partial charge in [-0.2, -0.15) is 4.31 Å². The van der Waals surface area contributed by atoms with Crippen molar-refractivity contribution in [2.24, 2.45) is 0 Å². The van der Waals surface area contributed by atoms with Gasteiger partial charge in [0.15, 0.2) is 0 Å². The second-order valence-corrected chi connectivity index (χ2v) is 7.20. The van der Waals surface area contributed by atoms with E-state index in [4.69, 9.17) is 5.73 Å². The number of likely N-dealkylation sites (N-methyl/N-ethyl adjacent to an activating group) is 1. The highest BCUT2D eigenvalue weighted by Crippen LogP contribution is 2.26. The monoisotopic (exact) mass is 297 g/mol. The van der Waals surface area contributed by atoms with Crippen LogP contribution in [0.4, 0.5) is 5.69 Å². The highest BCUT2D eigenvalue weighted by molar-refractivity contribution is 7.89. The second kappa shape index (κ2) is 5.71. The Morgan fingerprint density at radius 2 is 1.60 bits per heavy atom. The zero-order valence-corrected chi connectivity index (χ0v) is 13.2. The minimum atomic E-state index is -3.42. The van der Waals surface area contributed by atoms with Crippen LogP contribution in [0.15, 0.2) is 17.0 Å². The molecule has 0 aromatic heterocycles. The Kier molecular flexibility index (Phi) is 4.36. The van der Waals surface area contributed by atoms with Crippen molar-refractivity contribution >= 4 is 15.7 Å². The number of piperazine rings is 1. The van der Waals surface area contributed by atoms with Gasteiger partial charge in [0.2, 0.25) is 10.0 Å². The third-order valence-electron chi connectivity index (χ3n) is 3.86. The molecule has 2 rings (SSSR count). The molecule has 0 atom stereocenters. The molecule has 1 heterocycles. The lowest BCUT2D eigenvalue weighted by atomic mass is 10.1. The molecule has 0 amide bonds. The minimum absolute atomic E-state index is 0.414. The molecule has 0 saturated carbocycles. The van der Waals surface area contributed by atoms with Crippen LogP contribution in [0.1, 0.15) is 18.1 Å². The topological polar surface area (TPSA) is 66.6 Å². The van der Waals surface area contributed by atoms with Crippen molar-refractivity contribution in [1.29, 1.82) is 0 Å². The van der Waals surface area contributed by atoms with Gasteiger partial charge in [-0.25, -0.2) is 8.42 Å². The number of hydrogen-bond donors (Lipinski definition) is 1. The average Bonchev–Trinajstić information content (AvgIpc) is 2.37. The summed E-state index contributed by atoms with van der Waals surface area (Å²) in [5.41, 5.74) is 7.82. The molecular weight excluding hydrogens is 274 g/mol. The molecule has 1 aromatic rings. The molecule has 20 heavy (non-hydrogen) atoms. The van der Waals surface area contributed by atoms with Gasteiger partial charge in [-0.15, -0.1) is 0 Å². The minimum Gasteiger partial charge on any atom is -0.399 e. The van der Waals surface area contributed by atoms with E-state index in [0.29, 0.717) is 23.7 Å². The Morgan fingerprint density at radius 1 is 1.10 bits per heavy atom. The molecule has 2 N–H and O–H groups in total. The number of benzene rings is 1. The van der Waals surface area contributed by atoms with E-state index >= 15 is 0 Å². The van der Waals surface area contributed by atoms with Gasteiger partial charge in [0.05, 0.1) is 4.90 Å². The molecule has 0 spiro atoms. The van der Waals surface area contributed by atoms with Crippen molar-refractivity contribution in [2.75, 3.05) is 38.5 Å². The molecular formula is C14H23N3O2S. The van der Waals surface area contributed by atoms with Gasteiger partial charge in [0.25, 0.3) is 0 Å². The van der Waals surface area contributed by atoms with Crippen LogP contribution in [0.2, 0.25) is 0 Å². The van der Waals surface area contributed by atoms with E-state index in [2.05, 4.69) is 11.8 Å². The molecule has 0 bridgehead atoms. The summed E-state index contributed by atoms with van der Waals surface area (Å²) >= 11 is 0. The smallest absolute Gasteiger partial charge is 0.243 e. The Labute approximate surface area is 121 Å². The molecule has 0 aliphatic carbocycles. The number of rotatable bonds is 3. The Bertz CT molecular complexity index is 567. The first kappa shape index (κ1) is 15.3. The summed E-state index contributed by atoms with van der Waals surface area (Å²) in [5.74, 6) is 0. The summed E-state index contributed by atoms with van der Waals surface area (Å²) in [7, 11) is -3.42. The van der Waals surface area contributed by atoms with Crippen molar-refractivity contribution in [2.45, 2.75) is 25.7 Å². The van der Waals surface area contributed by atoms with Gasteiger partial charge in [-0.05, 0) is 43.7 Å². The molecule has 0 unspecified atom stereocenters. The molecule has 112 valence electrons. The van der Waals surface area contributed by atoms with Crippen LogP contribution in [0, 0.1) is 13.8 Å². The van der Waals surface area contributed by atoms with Crippen LogP contribution in [0.3, 0.4) is 0 Å². The maximum Gasteiger partial charge on any atom is 0.243 e. The van der Waals surface area contributed by atoms with Crippen molar-refractivity contribution in [3.05, 3.63) is 23.3 Å². The fourth-order valence-electron chi connectivity index (χ4n) is 2.81. The first-order valence-electron chi connectivity index (χ1n) is 6.95. The summed E-state index contributed by atoms with van der Waals surface area (Å²) in [6.45, 7) is 9.37. The van der Waals surface area contributed by atoms with E-state index < -0.39 is 10.0 Å². The van der Waals surface area contributed by atoms with E-state index in [1.165, 1.54) is 0 Å². The third kappa shape index (κ3) is 2.82. The largest absolute Gasteiger partial charge is 0.399 e. The fraction of sp³-hybridized carbons (Fsp3) is 0.571. The van der Waals surface area contributed by atoms with Crippen molar-refractivity contribution in [3.8, 4) is 0 Å². The Hall–Kier alpha value is -1.11. The fourth-order valence-corrected chi connectivity index (χ4v) is 4.64. The lowest BCUT2D eigenvalue weighted by molar-refractivity contribution is 0.196. The predicted molar refractivity (Wildman–Crippen MR) is 81.2 cm³/mol. The summed E-state index contributed by atoms with van der Waals surface area (Å²) in [6, 6.07) is 3.45. The molecule has 1 aromatic carbocycles. The number of sulfonamides is 1. The van der Waals surface area contributed by atoms with Gasteiger partial charge < -0.3 is 10.6 Å². The van der Waals surface area contributed by atoms with E-state index in [1.54, 1.807) is 30.3 Å². The quantitative estimate of drug-likeness (QED) is 0.852. The number of aryl methyl sites for hydroxylation is 2. The van der Waals surface area contributed by atoms with Gasteiger partial charge in [0, 0.05) is 31.9 Å². The average molecular weight is 297 g/mol. The first-order valence-corrected chi connectivity index (χ1v) is 8.39. The molecule has 6 heteroatoms. The molecule has 5 nitrogen and oxygen atoms in total. The first-order chi connectivity index (χ1) is 9.36. The molecule has 1 aliphatic rings. The van der Waals surface area contributed by atoms with Crippen LogP contribution in [-0.4, -0.2) is 50.3 Å². The molecule has 1 fully saturated rings. The number of hydrogen-bond acceptors (Lipinski definition) is 4. The highest BCUT2D eigenvalue weighted by atomic mass is 32.2. The van der Waals surface area contributed by atoms with E-state index in [-0.39, 0.29) is 0 Å².